The molecule has 0 fully saturated rings. The molecule has 9 nitrogen and oxygen atoms in total. The van der Waals surface area contributed by atoms with Gasteiger partial charge in [0.2, 0.25) is 5.82 Å². The number of carbonyl (C=O) groups excluding carboxylic acids is 1. The number of amides is 1. The largest absolute Gasteiger partial charge is 0.451 e. The van der Waals surface area contributed by atoms with Crippen LogP contribution in [0.25, 0.3) is 22.7 Å². The molecule has 4 heterocycles. The lowest BCUT2D eigenvalue weighted by Gasteiger charge is -2.35. The fourth-order valence-electron chi connectivity index (χ4n) is 6.17. The summed E-state index contributed by atoms with van der Waals surface area (Å²) in [6.45, 7) is 1.61. The standard InChI is InChI=1S/C34H24BrF6N7O2/c1-18-13-24-27(17-46(18)30(49)21-9-12-26(35)25(15-21)33(36,37)38)48-29(22(16-42-48)14-19-5-3-2-4-6-19)47(31(24)50)23-10-7-20(8-11-23)28-43-32(45-44-28)34(39,40)41/h2-12,15-16,18H,13-14,17H2,1H3,(H,43,44,45)/t18-/m1/s1. The van der Waals surface area contributed by atoms with Crippen molar-refractivity contribution < 1.29 is 31.1 Å². The number of alkyl halides is 6. The van der Waals surface area contributed by atoms with Gasteiger partial charge >= 0.3 is 12.4 Å². The third-order valence-electron chi connectivity index (χ3n) is 8.62. The molecule has 7 rings (SSSR count). The first-order valence-electron chi connectivity index (χ1n) is 15.2. The summed E-state index contributed by atoms with van der Waals surface area (Å²) in [6.07, 6.45) is -7.30. The Kier molecular flexibility index (Phi) is 8.16. The molecule has 3 aromatic heterocycles. The lowest BCUT2D eigenvalue weighted by atomic mass is 9.97. The molecule has 1 aliphatic rings. The van der Waals surface area contributed by atoms with Gasteiger partial charge < -0.3 is 9.88 Å². The second kappa shape index (κ2) is 12.3. The first-order valence-corrected chi connectivity index (χ1v) is 16.0. The zero-order valence-electron chi connectivity index (χ0n) is 25.8. The quantitative estimate of drug-likeness (QED) is 0.187. The molecule has 0 aliphatic carbocycles. The van der Waals surface area contributed by atoms with E-state index in [1.54, 1.807) is 29.8 Å². The van der Waals surface area contributed by atoms with E-state index in [0.717, 1.165) is 11.6 Å². The Morgan fingerprint density at radius 2 is 1.68 bits per heavy atom. The van der Waals surface area contributed by atoms with Crippen molar-refractivity contribution in [2.75, 3.05) is 0 Å². The topological polar surface area (TPSA) is 101 Å². The normalized spacial score (nSPS) is 15.0. The predicted molar refractivity (Wildman–Crippen MR) is 173 cm³/mol. The molecule has 0 saturated heterocycles. The van der Waals surface area contributed by atoms with E-state index in [9.17, 15) is 35.9 Å². The van der Waals surface area contributed by atoms with E-state index in [-0.39, 0.29) is 28.8 Å². The fourth-order valence-corrected chi connectivity index (χ4v) is 6.64. The molecule has 1 atom stereocenters. The third-order valence-corrected chi connectivity index (χ3v) is 9.31. The fraction of sp³-hybridized carbons (Fsp3) is 0.206. The summed E-state index contributed by atoms with van der Waals surface area (Å²) in [5.41, 5.74) is 1.96. The molecule has 0 radical (unpaired) electrons. The lowest BCUT2D eigenvalue weighted by Crippen LogP contribution is -2.46. The predicted octanol–water partition coefficient (Wildman–Crippen LogP) is 7.25. The van der Waals surface area contributed by atoms with Gasteiger partial charge in [-0.1, -0.05) is 46.3 Å². The van der Waals surface area contributed by atoms with Crippen LogP contribution in [-0.4, -0.2) is 46.2 Å². The highest BCUT2D eigenvalue weighted by Crippen LogP contribution is 2.36. The van der Waals surface area contributed by atoms with Crippen molar-refractivity contribution in [2.45, 2.75) is 44.7 Å². The van der Waals surface area contributed by atoms with Crippen molar-refractivity contribution in [1.29, 1.82) is 0 Å². The second-order valence-corrected chi connectivity index (χ2v) is 12.7. The van der Waals surface area contributed by atoms with Gasteiger partial charge in [0, 0.05) is 39.2 Å². The number of benzene rings is 3. The minimum atomic E-state index is -4.70. The molecule has 0 unspecified atom stereocenters. The Labute approximate surface area is 287 Å². The van der Waals surface area contributed by atoms with Crippen LogP contribution in [0.15, 0.2) is 88.3 Å². The summed E-state index contributed by atoms with van der Waals surface area (Å²) in [4.78, 5) is 31.7. The van der Waals surface area contributed by atoms with Crippen LogP contribution < -0.4 is 5.56 Å². The Hall–Kier alpha value is -5.25. The molecule has 0 saturated carbocycles. The average molecular weight is 757 g/mol. The Morgan fingerprint density at radius 1 is 0.960 bits per heavy atom. The van der Waals surface area contributed by atoms with Crippen LogP contribution in [0.2, 0.25) is 0 Å². The monoisotopic (exact) mass is 755 g/mol. The van der Waals surface area contributed by atoms with Gasteiger partial charge in [0.15, 0.2) is 5.82 Å². The van der Waals surface area contributed by atoms with Gasteiger partial charge in [-0.3, -0.25) is 14.2 Å². The van der Waals surface area contributed by atoms with Crippen molar-refractivity contribution in [3.8, 4) is 17.1 Å². The SMILES string of the molecule is C[C@@H]1Cc2c(n3ncc(Cc4ccccc4)c3n(-c3ccc(-c4nnc(C(F)(F)F)[nH]4)cc3)c2=O)CN1C(=O)c1ccc(Br)c(C(F)(F)F)c1. The molecule has 1 N–H and O–H groups in total. The summed E-state index contributed by atoms with van der Waals surface area (Å²) < 4.78 is 83.2. The van der Waals surface area contributed by atoms with Gasteiger partial charge in [-0.2, -0.15) is 31.4 Å². The number of H-pyrrole nitrogens is 1. The van der Waals surface area contributed by atoms with Gasteiger partial charge in [0.05, 0.1) is 29.7 Å². The summed E-state index contributed by atoms with van der Waals surface area (Å²) in [6, 6.07) is 18.4. The maximum Gasteiger partial charge on any atom is 0.451 e. The van der Waals surface area contributed by atoms with Crippen molar-refractivity contribution in [1.82, 2.24) is 34.3 Å². The Bertz CT molecular complexity index is 2310. The van der Waals surface area contributed by atoms with Crippen LogP contribution in [0.3, 0.4) is 0 Å². The van der Waals surface area contributed by atoms with Crippen molar-refractivity contribution in [3.05, 3.63) is 133 Å². The molecule has 3 aromatic carbocycles. The third kappa shape index (κ3) is 5.97. The van der Waals surface area contributed by atoms with E-state index in [1.807, 2.05) is 30.3 Å². The number of nitrogens with one attached hydrogen (secondary N) is 1. The Morgan fingerprint density at radius 3 is 2.34 bits per heavy atom. The molecular weight excluding hydrogens is 732 g/mol. The number of hydrogen-bond donors (Lipinski definition) is 1. The van der Waals surface area contributed by atoms with Crippen LogP contribution in [0.4, 0.5) is 26.3 Å². The van der Waals surface area contributed by atoms with Gasteiger partial charge in [0.1, 0.15) is 5.65 Å². The molecular formula is C34H24BrF6N7O2. The van der Waals surface area contributed by atoms with Gasteiger partial charge in [0.25, 0.3) is 11.5 Å². The highest BCUT2D eigenvalue weighted by molar-refractivity contribution is 9.10. The highest BCUT2D eigenvalue weighted by Gasteiger charge is 2.37. The molecule has 256 valence electrons. The van der Waals surface area contributed by atoms with E-state index in [2.05, 4.69) is 36.2 Å². The number of aromatic amines is 1. The number of nitrogens with zero attached hydrogens (tertiary/aromatic N) is 6. The average Bonchev–Trinajstić information content (AvgIpc) is 3.74. The van der Waals surface area contributed by atoms with Crippen molar-refractivity contribution in [3.63, 3.8) is 0 Å². The number of aromatic nitrogens is 6. The van der Waals surface area contributed by atoms with E-state index in [1.165, 1.54) is 33.7 Å². The summed E-state index contributed by atoms with van der Waals surface area (Å²) >= 11 is 2.91. The number of hydrogen-bond acceptors (Lipinski definition) is 5. The summed E-state index contributed by atoms with van der Waals surface area (Å²) in [5.74, 6) is -1.98. The summed E-state index contributed by atoms with van der Waals surface area (Å²) in [7, 11) is 0. The molecule has 0 bridgehead atoms. The van der Waals surface area contributed by atoms with Crippen LogP contribution >= 0.6 is 15.9 Å². The first-order chi connectivity index (χ1) is 23.7. The lowest BCUT2D eigenvalue weighted by molar-refractivity contribution is -0.144. The van der Waals surface area contributed by atoms with E-state index >= 15 is 0 Å². The number of fused-ring (bicyclic) bond motifs is 3. The molecule has 50 heavy (non-hydrogen) atoms. The number of carbonyl (C=O) groups is 1. The van der Waals surface area contributed by atoms with Crippen LogP contribution in [0, 0.1) is 0 Å². The smallest absolute Gasteiger partial charge is 0.330 e. The first kappa shape index (κ1) is 33.3. The number of rotatable bonds is 5. The van der Waals surface area contributed by atoms with Crippen LogP contribution in [-0.2, 0) is 31.7 Å². The van der Waals surface area contributed by atoms with E-state index < -0.39 is 41.2 Å². The van der Waals surface area contributed by atoms with Crippen molar-refractivity contribution >= 4 is 27.5 Å². The maximum absolute atomic E-state index is 14.4. The van der Waals surface area contributed by atoms with E-state index in [4.69, 9.17) is 0 Å². The molecule has 16 heteroatoms. The zero-order valence-corrected chi connectivity index (χ0v) is 27.4. The minimum Gasteiger partial charge on any atom is -0.330 e. The van der Waals surface area contributed by atoms with Gasteiger partial charge in [-0.15, -0.1) is 10.2 Å². The summed E-state index contributed by atoms with van der Waals surface area (Å²) in [5, 5.41) is 11.4. The zero-order chi connectivity index (χ0) is 35.5. The van der Waals surface area contributed by atoms with Crippen LogP contribution in [0.5, 0.6) is 0 Å². The highest BCUT2D eigenvalue weighted by atomic mass is 79.9. The molecule has 1 amide bonds. The Balaban J connectivity index is 1.33. The minimum absolute atomic E-state index is 0.0861. The molecule has 0 spiro atoms. The second-order valence-electron chi connectivity index (χ2n) is 11.9. The maximum atomic E-state index is 14.4. The van der Waals surface area contributed by atoms with Crippen molar-refractivity contribution in [2.24, 2.45) is 0 Å². The van der Waals surface area contributed by atoms with E-state index in [0.29, 0.717) is 40.1 Å². The molecule has 6 aromatic rings. The number of halogens is 7. The van der Waals surface area contributed by atoms with Crippen LogP contribution in [0.1, 0.15) is 51.1 Å². The van der Waals surface area contributed by atoms with Gasteiger partial charge in [-0.05, 0) is 61.4 Å². The molecule has 1 aliphatic heterocycles. The van der Waals surface area contributed by atoms with Gasteiger partial charge in [-0.25, -0.2) is 4.52 Å².